The number of para-hydroxylation sites is 1. The van der Waals surface area contributed by atoms with Gasteiger partial charge in [0, 0.05) is 32.1 Å². The molecule has 0 radical (unpaired) electrons. The molecule has 3 heterocycles. The summed E-state index contributed by atoms with van der Waals surface area (Å²) in [4.78, 5) is 31.3. The molecule has 2 fully saturated rings. The number of benzene rings is 1. The summed E-state index contributed by atoms with van der Waals surface area (Å²) in [6.07, 6.45) is 3.47. The fraction of sp³-hybridized carbons (Fsp3) is 0.391. The predicted octanol–water partition coefficient (Wildman–Crippen LogP) is 1.68. The van der Waals surface area contributed by atoms with Crippen LogP contribution < -0.4 is 20.7 Å². The number of hydrogen-bond acceptors (Lipinski definition) is 9. The molecule has 0 atom stereocenters. The fourth-order valence-electron chi connectivity index (χ4n) is 3.99. The number of nitrogens with zero attached hydrogens (tertiary/aromatic N) is 6. The number of likely N-dealkylation sites (N-methyl/N-ethyl adjacent to an activating group) is 1. The number of hydrogen-bond donors (Lipinski definition) is 3. The highest BCUT2D eigenvalue weighted by Crippen LogP contribution is 2.37. The second-order valence-corrected chi connectivity index (χ2v) is 8.77. The van der Waals surface area contributed by atoms with E-state index in [1.807, 2.05) is 22.9 Å². The van der Waals surface area contributed by atoms with Gasteiger partial charge in [0.15, 0.2) is 23.1 Å². The molecule has 182 valence electrons. The summed E-state index contributed by atoms with van der Waals surface area (Å²) < 4.78 is 7.60. The van der Waals surface area contributed by atoms with E-state index in [1.54, 1.807) is 19.5 Å². The summed E-state index contributed by atoms with van der Waals surface area (Å²) in [5.74, 6) is 0.809. The zero-order chi connectivity index (χ0) is 24.5. The fourth-order valence-corrected chi connectivity index (χ4v) is 3.99. The third kappa shape index (κ3) is 4.64. The van der Waals surface area contributed by atoms with E-state index in [0.29, 0.717) is 34.6 Å². The maximum atomic E-state index is 12.4. The second-order valence-electron chi connectivity index (χ2n) is 8.77. The van der Waals surface area contributed by atoms with Crippen molar-refractivity contribution in [2.45, 2.75) is 18.9 Å². The van der Waals surface area contributed by atoms with Gasteiger partial charge in [-0.2, -0.15) is 5.10 Å². The summed E-state index contributed by atoms with van der Waals surface area (Å²) in [7, 11) is 5.14. The van der Waals surface area contributed by atoms with Gasteiger partial charge in [0.25, 0.3) is 5.91 Å². The molecule has 0 bridgehead atoms. The van der Waals surface area contributed by atoms with E-state index < -0.39 is 5.91 Å². The average Bonchev–Trinajstić information content (AvgIpc) is 3.59. The first-order chi connectivity index (χ1) is 17.0. The van der Waals surface area contributed by atoms with Gasteiger partial charge >= 0.3 is 0 Å². The van der Waals surface area contributed by atoms with Gasteiger partial charge in [-0.15, -0.1) is 10.2 Å². The van der Waals surface area contributed by atoms with E-state index in [2.05, 4.69) is 48.2 Å². The van der Waals surface area contributed by atoms with Crippen LogP contribution in [0.5, 0.6) is 5.75 Å². The normalized spacial score (nSPS) is 15.9. The number of likely N-dealkylation sites (tertiary alicyclic amines) is 1. The Morgan fingerprint density at radius 1 is 1.14 bits per heavy atom. The molecule has 1 saturated carbocycles. The largest absolute Gasteiger partial charge is 0.494 e. The predicted molar refractivity (Wildman–Crippen MR) is 129 cm³/mol. The Balaban J connectivity index is 1.46. The molecule has 0 unspecified atom stereocenters. The van der Waals surface area contributed by atoms with Crippen molar-refractivity contribution in [3.05, 3.63) is 36.3 Å². The Kier molecular flexibility index (Phi) is 6.03. The molecular formula is C23H27N9O3. The van der Waals surface area contributed by atoms with Crippen LogP contribution in [0.4, 0.5) is 17.2 Å². The van der Waals surface area contributed by atoms with Gasteiger partial charge in [0.1, 0.15) is 6.33 Å². The van der Waals surface area contributed by atoms with Crippen molar-refractivity contribution in [2.24, 2.45) is 5.92 Å². The number of anilines is 3. The minimum Gasteiger partial charge on any atom is -0.494 e. The van der Waals surface area contributed by atoms with Gasteiger partial charge in [-0.1, -0.05) is 6.07 Å². The van der Waals surface area contributed by atoms with Crippen molar-refractivity contribution in [2.75, 3.05) is 44.9 Å². The summed E-state index contributed by atoms with van der Waals surface area (Å²) in [5.41, 5.74) is 1.75. The van der Waals surface area contributed by atoms with E-state index in [0.717, 1.165) is 25.9 Å². The van der Waals surface area contributed by atoms with Gasteiger partial charge < -0.3 is 25.6 Å². The van der Waals surface area contributed by atoms with E-state index in [9.17, 15) is 9.59 Å². The maximum Gasteiger partial charge on any atom is 0.273 e. The van der Waals surface area contributed by atoms with Crippen LogP contribution in [0, 0.1) is 5.92 Å². The number of ether oxygens (including phenoxy) is 1. The number of methoxy groups -OCH3 is 1. The Labute approximate surface area is 202 Å². The Morgan fingerprint density at radius 2 is 1.94 bits per heavy atom. The van der Waals surface area contributed by atoms with Gasteiger partial charge in [0.2, 0.25) is 5.91 Å². The van der Waals surface area contributed by atoms with Crippen molar-refractivity contribution < 1.29 is 14.3 Å². The smallest absolute Gasteiger partial charge is 0.273 e. The van der Waals surface area contributed by atoms with Gasteiger partial charge in [-0.3, -0.25) is 9.59 Å². The highest BCUT2D eigenvalue weighted by Gasteiger charge is 2.30. The monoisotopic (exact) mass is 477 g/mol. The quantitative estimate of drug-likeness (QED) is 0.442. The van der Waals surface area contributed by atoms with Crippen molar-refractivity contribution >= 4 is 29.0 Å². The van der Waals surface area contributed by atoms with E-state index in [-0.39, 0.29) is 23.3 Å². The first-order valence-corrected chi connectivity index (χ1v) is 11.4. The van der Waals surface area contributed by atoms with Crippen molar-refractivity contribution in [3.8, 4) is 17.1 Å². The lowest BCUT2D eigenvalue weighted by atomic mass is 10.1. The van der Waals surface area contributed by atoms with Crippen LogP contribution >= 0.6 is 0 Å². The Morgan fingerprint density at radius 3 is 2.63 bits per heavy atom. The lowest BCUT2D eigenvalue weighted by Crippen LogP contribution is -2.45. The summed E-state index contributed by atoms with van der Waals surface area (Å²) in [6, 6.07) is 7.43. The summed E-state index contributed by atoms with van der Waals surface area (Å²) >= 11 is 0. The van der Waals surface area contributed by atoms with Crippen LogP contribution in [-0.4, -0.2) is 76.0 Å². The minimum absolute atomic E-state index is 0.0104. The number of nitrogens with one attached hydrogen (secondary N) is 3. The van der Waals surface area contributed by atoms with Gasteiger partial charge in [0.05, 0.1) is 30.1 Å². The van der Waals surface area contributed by atoms with E-state index in [4.69, 9.17) is 4.74 Å². The molecule has 3 aromatic rings. The third-order valence-electron chi connectivity index (χ3n) is 6.09. The van der Waals surface area contributed by atoms with Gasteiger partial charge in [-0.05, 0) is 32.0 Å². The van der Waals surface area contributed by atoms with Crippen LogP contribution in [-0.2, 0) is 4.79 Å². The molecule has 1 aliphatic heterocycles. The molecule has 5 rings (SSSR count). The van der Waals surface area contributed by atoms with Gasteiger partial charge in [-0.25, -0.2) is 9.67 Å². The lowest BCUT2D eigenvalue weighted by Gasteiger charge is -2.35. The van der Waals surface area contributed by atoms with Crippen LogP contribution in [0.3, 0.4) is 0 Å². The molecule has 3 N–H and O–H groups in total. The SMILES string of the molecule is CNC(=O)c1nnc(NC(=O)C2CC2)cc1Nc1cccc(-c2ncn(C3CN(C)C3)n2)c1OC. The van der Waals surface area contributed by atoms with Crippen LogP contribution in [0.2, 0.25) is 0 Å². The summed E-state index contributed by atoms with van der Waals surface area (Å²) in [5, 5.41) is 21.3. The summed E-state index contributed by atoms with van der Waals surface area (Å²) in [6.45, 7) is 1.86. The molecule has 35 heavy (non-hydrogen) atoms. The molecule has 0 spiro atoms. The van der Waals surface area contributed by atoms with Crippen molar-refractivity contribution in [1.29, 1.82) is 0 Å². The molecule has 12 heteroatoms. The minimum atomic E-state index is -0.416. The number of aromatic nitrogens is 5. The number of carbonyl (C=O) groups is 2. The second kappa shape index (κ2) is 9.29. The Hall–Kier alpha value is -4.06. The van der Waals surface area contributed by atoms with Crippen molar-refractivity contribution in [1.82, 2.24) is 35.2 Å². The zero-order valence-electron chi connectivity index (χ0n) is 19.8. The number of amides is 2. The third-order valence-corrected chi connectivity index (χ3v) is 6.09. The topological polar surface area (TPSA) is 139 Å². The molecule has 12 nitrogen and oxygen atoms in total. The van der Waals surface area contributed by atoms with Crippen molar-refractivity contribution in [3.63, 3.8) is 0 Å². The molecule has 2 aromatic heterocycles. The maximum absolute atomic E-state index is 12.4. The zero-order valence-corrected chi connectivity index (χ0v) is 19.8. The average molecular weight is 478 g/mol. The lowest BCUT2D eigenvalue weighted by molar-refractivity contribution is -0.117. The first kappa shape index (κ1) is 22.7. The molecule has 1 aromatic carbocycles. The first-order valence-electron chi connectivity index (χ1n) is 11.4. The van der Waals surface area contributed by atoms with Crippen LogP contribution in [0.25, 0.3) is 11.4 Å². The molecular weight excluding hydrogens is 450 g/mol. The van der Waals surface area contributed by atoms with E-state index >= 15 is 0 Å². The standard InChI is InChI=1S/C23H27N9O3/c1-24-23(34)19-17(9-18(28-29-19)27-22(33)13-7-8-13)26-16-6-4-5-15(20(16)35-3)21-25-12-32(30-21)14-10-31(2)11-14/h4-6,9,12-14H,7-8,10-11H2,1-3H3,(H,24,34)(H2,26,27,28,33). The Bertz CT molecular complexity index is 1260. The van der Waals surface area contributed by atoms with E-state index in [1.165, 1.54) is 7.05 Å². The highest BCUT2D eigenvalue weighted by atomic mass is 16.5. The molecule has 1 aliphatic carbocycles. The highest BCUT2D eigenvalue weighted by molar-refractivity contribution is 6.00. The molecule has 1 saturated heterocycles. The molecule has 2 amide bonds. The number of rotatable bonds is 8. The number of carbonyl (C=O) groups excluding carboxylic acids is 2. The molecule has 2 aliphatic rings. The van der Waals surface area contributed by atoms with Crippen LogP contribution in [0.15, 0.2) is 30.6 Å². The van der Waals surface area contributed by atoms with Crippen LogP contribution in [0.1, 0.15) is 29.4 Å².